The van der Waals surface area contributed by atoms with Crippen LogP contribution in [0.15, 0.2) is 45.4 Å². The molecule has 0 aliphatic rings. The lowest BCUT2D eigenvalue weighted by Crippen LogP contribution is -1.90. The number of nitrogen functional groups attached to an aromatic ring is 1. The summed E-state index contributed by atoms with van der Waals surface area (Å²) in [6.07, 6.45) is 0. The molecular weight excluding hydrogens is 344 g/mol. The number of rotatable bonds is 2. The van der Waals surface area contributed by atoms with E-state index < -0.39 is 5.82 Å². The second-order valence-corrected chi connectivity index (χ2v) is 5.14. The lowest BCUT2D eigenvalue weighted by Gasteiger charge is -1.99. The van der Waals surface area contributed by atoms with E-state index in [1.807, 2.05) is 0 Å². The Bertz CT molecular complexity index is 754. The van der Waals surface area contributed by atoms with Gasteiger partial charge in [0.25, 0.3) is 5.89 Å². The van der Waals surface area contributed by atoms with E-state index in [9.17, 15) is 8.78 Å². The van der Waals surface area contributed by atoms with Crippen LogP contribution in [0.2, 0.25) is 0 Å². The van der Waals surface area contributed by atoms with Gasteiger partial charge in [-0.3, -0.25) is 0 Å². The van der Waals surface area contributed by atoms with Crippen LogP contribution in [-0.4, -0.2) is 10.1 Å². The van der Waals surface area contributed by atoms with Crippen molar-refractivity contribution in [2.24, 2.45) is 0 Å². The number of anilines is 1. The first-order chi connectivity index (χ1) is 10.0. The van der Waals surface area contributed by atoms with E-state index >= 15 is 0 Å². The summed E-state index contributed by atoms with van der Waals surface area (Å²) in [5.41, 5.74) is 6.49. The normalized spacial score (nSPS) is 10.8. The van der Waals surface area contributed by atoms with Crippen LogP contribution in [0.25, 0.3) is 22.8 Å². The van der Waals surface area contributed by atoms with Crippen molar-refractivity contribution >= 4 is 21.6 Å². The molecule has 0 fully saturated rings. The number of nitrogens with two attached hydrogens (primary N) is 1. The van der Waals surface area contributed by atoms with Crippen molar-refractivity contribution < 1.29 is 13.3 Å². The Morgan fingerprint density at radius 3 is 2.52 bits per heavy atom. The Balaban J connectivity index is 2.03. The summed E-state index contributed by atoms with van der Waals surface area (Å²) in [7, 11) is 0. The van der Waals surface area contributed by atoms with E-state index in [1.165, 1.54) is 36.4 Å². The lowest BCUT2D eigenvalue weighted by molar-refractivity contribution is 0.429. The van der Waals surface area contributed by atoms with E-state index in [1.54, 1.807) is 0 Å². The summed E-state index contributed by atoms with van der Waals surface area (Å²) in [6.45, 7) is 0. The van der Waals surface area contributed by atoms with Crippen LogP contribution in [0.4, 0.5) is 14.5 Å². The Morgan fingerprint density at radius 2 is 1.81 bits per heavy atom. The third kappa shape index (κ3) is 2.64. The van der Waals surface area contributed by atoms with Crippen molar-refractivity contribution in [1.29, 1.82) is 0 Å². The van der Waals surface area contributed by atoms with Crippen molar-refractivity contribution in [2.75, 3.05) is 5.73 Å². The summed E-state index contributed by atoms with van der Waals surface area (Å²) in [4.78, 5) is 4.12. The topological polar surface area (TPSA) is 64.9 Å². The molecule has 2 aromatic carbocycles. The highest BCUT2D eigenvalue weighted by Gasteiger charge is 2.16. The molecule has 0 aliphatic carbocycles. The number of hydrogen-bond acceptors (Lipinski definition) is 4. The van der Waals surface area contributed by atoms with Crippen LogP contribution in [0.1, 0.15) is 0 Å². The molecule has 1 aromatic heterocycles. The summed E-state index contributed by atoms with van der Waals surface area (Å²) in [6, 6.07) is 8.24. The smallest absolute Gasteiger partial charge is 0.261 e. The molecule has 1 heterocycles. The van der Waals surface area contributed by atoms with Gasteiger partial charge in [-0.15, -0.1) is 0 Å². The highest BCUT2D eigenvalue weighted by molar-refractivity contribution is 9.10. The van der Waals surface area contributed by atoms with E-state index in [2.05, 4.69) is 26.1 Å². The zero-order valence-electron chi connectivity index (χ0n) is 10.5. The predicted molar refractivity (Wildman–Crippen MR) is 77.2 cm³/mol. The summed E-state index contributed by atoms with van der Waals surface area (Å²) < 4.78 is 32.4. The maximum atomic E-state index is 13.8. The van der Waals surface area contributed by atoms with Gasteiger partial charge >= 0.3 is 0 Å². The number of halogens is 3. The van der Waals surface area contributed by atoms with Crippen LogP contribution in [-0.2, 0) is 0 Å². The van der Waals surface area contributed by atoms with Crippen molar-refractivity contribution in [3.05, 3.63) is 52.5 Å². The minimum absolute atomic E-state index is 0.0266. The molecule has 0 atom stereocenters. The molecule has 0 bridgehead atoms. The average molecular weight is 352 g/mol. The third-order valence-electron chi connectivity index (χ3n) is 2.82. The molecule has 3 aromatic rings. The van der Waals surface area contributed by atoms with Gasteiger partial charge in [0.1, 0.15) is 11.6 Å². The fourth-order valence-electron chi connectivity index (χ4n) is 1.82. The van der Waals surface area contributed by atoms with Crippen molar-refractivity contribution in [3.8, 4) is 22.8 Å². The first-order valence-electron chi connectivity index (χ1n) is 5.89. The van der Waals surface area contributed by atoms with Crippen LogP contribution >= 0.6 is 15.9 Å². The monoisotopic (exact) mass is 351 g/mol. The van der Waals surface area contributed by atoms with Gasteiger partial charge < -0.3 is 10.3 Å². The molecule has 3 rings (SSSR count). The van der Waals surface area contributed by atoms with Gasteiger partial charge in [0.2, 0.25) is 5.82 Å². The number of hydrogen-bond donors (Lipinski definition) is 1. The Hall–Kier alpha value is -2.28. The molecule has 0 saturated carbocycles. The van der Waals surface area contributed by atoms with Gasteiger partial charge in [-0.25, -0.2) is 8.78 Å². The number of nitrogens with zero attached hydrogens (tertiary/aromatic N) is 2. The van der Waals surface area contributed by atoms with Gasteiger partial charge in [0.05, 0.1) is 5.56 Å². The zero-order valence-corrected chi connectivity index (χ0v) is 12.1. The standard InChI is InChI=1S/C14H8BrF2N3O/c15-11-5-7(16)1-3-9(11)13-19-14(21-20-13)10-4-2-8(18)6-12(10)17/h1-6H,18H2. The minimum atomic E-state index is -0.552. The molecule has 0 amide bonds. The van der Waals surface area contributed by atoms with Gasteiger partial charge in [-0.1, -0.05) is 5.16 Å². The van der Waals surface area contributed by atoms with Crippen molar-refractivity contribution in [2.45, 2.75) is 0 Å². The molecular formula is C14H8BrF2N3O. The minimum Gasteiger partial charge on any atom is -0.399 e. The molecule has 21 heavy (non-hydrogen) atoms. The third-order valence-corrected chi connectivity index (χ3v) is 3.48. The van der Waals surface area contributed by atoms with E-state index in [0.29, 0.717) is 15.7 Å². The number of aromatic nitrogens is 2. The lowest BCUT2D eigenvalue weighted by atomic mass is 10.2. The molecule has 4 nitrogen and oxygen atoms in total. The second kappa shape index (κ2) is 5.25. The molecule has 0 saturated heterocycles. The maximum Gasteiger partial charge on any atom is 0.261 e. The maximum absolute atomic E-state index is 13.8. The first kappa shape index (κ1) is 13.7. The van der Waals surface area contributed by atoms with Crippen LogP contribution in [0, 0.1) is 11.6 Å². The molecule has 106 valence electrons. The Morgan fingerprint density at radius 1 is 1.05 bits per heavy atom. The zero-order chi connectivity index (χ0) is 15.0. The van der Waals surface area contributed by atoms with E-state index in [-0.39, 0.29) is 23.1 Å². The molecule has 0 spiro atoms. The van der Waals surface area contributed by atoms with Crippen molar-refractivity contribution in [1.82, 2.24) is 10.1 Å². The molecule has 0 aliphatic heterocycles. The van der Waals surface area contributed by atoms with Gasteiger partial charge in [0.15, 0.2) is 0 Å². The fraction of sp³-hybridized carbons (Fsp3) is 0. The fourth-order valence-corrected chi connectivity index (χ4v) is 2.35. The van der Waals surface area contributed by atoms with Crippen LogP contribution in [0.3, 0.4) is 0 Å². The average Bonchev–Trinajstić information content (AvgIpc) is 2.87. The van der Waals surface area contributed by atoms with Crippen LogP contribution < -0.4 is 5.73 Å². The molecule has 0 radical (unpaired) electrons. The van der Waals surface area contributed by atoms with Crippen LogP contribution in [0.5, 0.6) is 0 Å². The summed E-state index contributed by atoms with van der Waals surface area (Å²) in [5.74, 6) is -0.686. The van der Waals surface area contributed by atoms with Gasteiger partial charge in [0, 0.05) is 15.7 Å². The SMILES string of the molecule is Nc1ccc(-c2nc(-c3ccc(F)cc3Br)no2)c(F)c1. The second-order valence-electron chi connectivity index (χ2n) is 4.29. The quantitative estimate of drug-likeness (QED) is 0.708. The highest BCUT2D eigenvalue weighted by Crippen LogP contribution is 2.29. The molecule has 2 N–H and O–H groups in total. The van der Waals surface area contributed by atoms with Gasteiger partial charge in [-0.05, 0) is 52.3 Å². The van der Waals surface area contributed by atoms with E-state index in [0.717, 1.165) is 0 Å². The van der Waals surface area contributed by atoms with Crippen molar-refractivity contribution in [3.63, 3.8) is 0 Å². The molecule has 0 unspecified atom stereocenters. The first-order valence-corrected chi connectivity index (χ1v) is 6.68. The Labute approximate surface area is 126 Å². The van der Waals surface area contributed by atoms with E-state index in [4.69, 9.17) is 10.3 Å². The highest BCUT2D eigenvalue weighted by atomic mass is 79.9. The number of benzene rings is 2. The largest absolute Gasteiger partial charge is 0.399 e. The summed E-state index contributed by atoms with van der Waals surface area (Å²) >= 11 is 3.22. The molecule has 7 heteroatoms. The summed E-state index contributed by atoms with van der Waals surface area (Å²) in [5, 5.41) is 3.78. The van der Waals surface area contributed by atoms with Gasteiger partial charge in [-0.2, -0.15) is 4.98 Å². The Kier molecular flexibility index (Phi) is 3.42. The predicted octanol–water partition coefficient (Wildman–Crippen LogP) is 4.03.